The Balaban J connectivity index is 1.99. The third-order valence-electron chi connectivity index (χ3n) is 4.05. The Labute approximate surface area is 160 Å². The average Bonchev–Trinajstić information content (AvgIpc) is 2.66. The molecule has 27 heavy (non-hydrogen) atoms. The zero-order chi connectivity index (χ0) is 19.8. The molecule has 2 aromatic rings. The van der Waals surface area contributed by atoms with Crippen LogP contribution < -0.4 is 10.6 Å². The molecule has 0 bridgehead atoms. The number of carbonyl (C=O) groups excluding carboxylic acids is 1. The maximum Gasteiger partial charge on any atom is 0.253 e. The van der Waals surface area contributed by atoms with Crippen molar-refractivity contribution in [3.05, 3.63) is 70.5 Å². The Morgan fingerprint density at radius 1 is 1.07 bits per heavy atom. The first kappa shape index (κ1) is 20.4. The standard InChI is InChI=1S/C21H27FN4O/c1-5-23-21(25-14-17-8-11-19(22)15(2)12-17)24-13-16-6-9-18(10-7-16)20(27)26(3)4/h6-12H,5,13-14H2,1-4H3,(H2,23,24,25). The van der Waals surface area contributed by atoms with E-state index in [9.17, 15) is 9.18 Å². The van der Waals surface area contributed by atoms with Crippen molar-refractivity contribution in [2.24, 2.45) is 4.99 Å². The number of carbonyl (C=O) groups is 1. The lowest BCUT2D eigenvalue weighted by atomic mass is 10.1. The second-order valence-electron chi connectivity index (χ2n) is 6.53. The number of amides is 1. The topological polar surface area (TPSA) is 56.7 Å². The lowest BCUT2D eigenvalue weighted by Crippen LogP contribution is -2.36. The second-order valence-corrected chi connectivity index (χ2v) is 6.53. The van der Waals surface area contributed by atoms with Crippen LogP contribution in [0.5, 0.6) is 0 Å². The van der Waals surface area contributed by atoms with Crippen LogP contribution in [0.2, 0.25) is 0 Å². The van der Waals surface area contributed by atoms with E-state index in [1.165, 1.54) is 6.07 Å². The third-order valence-corrected chi connectivity index (χ3v) is 4.05. The van der Waals surface area contributed by atoms with Crippen LogP contribution in [0.3, 0.4) is 0 Å². The molecule has 0 aliphatic rings. The maximum atomic E-state index is 13.4. The smallest absolute Gasteiger partial charge is 0.253 e. The molecule has 0 fully saturated rings. The SMILES string of the molecule is CCNC(=NCc1ccc(F)c(C)c1)NCc1ccc(C(=O)N(C)C)cc1. The molecule has 0 saturated heterocycles. The number of guanidine groups is 1. The van der Waals surface area contributed by atoms with Crippen molar-refractivity contribution in [1.29, 1.82) is 0 Å². The molecule has 0 unspecified atom stereocenters. The molecular formula is C21H27FN4O. The Kier molecular flexibility index (Phi) is 7.34. The van der Waals surface area contributed by atoms with Gasteiger partial charge in [-0.3, -0.25) is 4.79 Å². The molecule has 0 spiro atoms. The molecular weight excluding hydrogens is 343 g/mol. The van der Waals surface area contributed by atoms with Crippen molar-refractivity contribution in [3.8, 4) is 0 Å². The van der Waals surface area contributed by atoms with Crippen LogP contribution in [0.15, 0.2) is 47.5 Å². The van der Waals surface area contributed by atoms with E-state index in [0.29, 0.717) is 30.2 Å². The second kappa shape index (κ2) is 9.71. The first-order valence-electron chi connectivity index (χ1n) is 8.98. The summed E-state index contributed by atoms with van der Waals surface area (Å²) >= 11 is 0. The Morgan fingerprint density at radius 3 is 2.33 bits per heavy atom. The fourth-order valence-electron chi connectivity index (χ4n) is 2.53. The summed E-state index contributed by atoms with van der Waals surface area (Å²) < 4.78 is 13.4. The summed E-state index contributed by atoms with van der Waals surface area (Å²) in [5, 5.41) is 6.47. The van der Waals surface area contributed by atoms with Crippen LogP contribution in [-0.2, 0) is 13.1 Å². The van der Waals surface area contributed by atoms with E-state index in [1.54, 1.807) is 32.0 Å². The number of nitrogens with zero attached hydrogens (tertiary/aromatic N) is 2. The molecule has 2 N–H and O–H groups in total. The van der Waals surface area contributed by atoms with Gasteiger partial charge in [-0.1, -0.05) is 24.3 Å². The predicted molar refractivity (Wildman–Crippen MR) is 107 cm³/mol. The monoisotopic (exact) mass is 370 g/mol. The van der Waals surface area contributed by atoms with Crippen molar-refractivity contribution < 1.29 is 9.18 Å². The van der Waals surface area contributed by atoms with E-state index < -0.39 is 0 Å². The molecule has 0 heterocycles. The van der Waals surface area contributed by atoms with Gasteiger partial charge in [0.05, 0.1) is 6.54 Å². The largest absolute Gasteiger partial charge is 0.357 e. The van der Waals surface area contributed by atoms with Crippen molar-refractivity contribution in [1.82, 2.24) is 15.5 Å². The number of nitrogens with one attached hydrogen (secondary N) is 2. The highest BCUT2D eigenvalue weighted by molar-refractivity contribution is 5.93. The minimum Gasteiger partial charge on any atom is -0.357 e. The zero-order valence-electron chi connectivity index (χ0n) is 16.3. The molecule has 0 radical (unpaired) electrons. The molecule has 1 amide bonds. The summed E-state index contributed by atoms with van der Waals surface area (Å²) in [7, 11) is 3.47. The van der Waals surface area contributed by atoms with E-state index in [0.717, 1.165) is 17.7 Å². The number of benzene rings is 2. The molecule has 0 saturated carbocycles. The number of aliphatic imine (C=N–C) groups is 1. The van der Waals surface area contributed by atoms with Crippen molar-refractivity contribution in [3.63, 3.8) is 0 Å². The summed E-state index contributed by atoms with van der Waals surface area (Å²) in [4.78, 5) is 18.0. The fraction of sp³-hybridized carbons (Fsp3) is 0.333. The molecule has 5 nitrogen and oxygen atoms in total. The average molecular weight is 370 g/mol. The molecule has 0 atom stereocenters. The maximum absolute atomic E-state index is 13.4. The quantitative estimate of drug-likeness (QED) is 0.607. The van der Waals surface area contributed by atoms with E-state index >= 15 is 0 Å². The highest BCUT2D eigenvalue weighted by Crippen LogP contribution is 2.10. The summed E-state index contributed by atoms with van der Waals surface area (Å²) in [5.41, 5.74) is 3.29. The van der Waals surface area contributed by atoms with Gasteiger partial charge in [0, 0.05) is 32.7 Å². The fourth-order valence-corrected chi connectivity index (χ4v) is 2.53. The summed E-state index contributed by atoms with van der Waals surface area (Å²) in [5.74, 6) is 0.468. The summed E-state index contributed by atoms with van der Waals surface area (Å²) in [6, 6.07) is 12.5. The van der Waals surface area contributed by atoms with Crippen molar-refractivity contribution >= 4 is 11.9 Å². The van der Waals surface area contributed by atoms with Gasteiger partial charge in [0.2, 0.25) is 0 Å². The molecule has 0 aliphatic carbocycles. The highest BCUT2D eigenvalue weighted by atomic mass is 19.1. The van der Waals surface area contributed by atoms with Crippen molar-refractivity contribution in [2.45, 2.75) is 26.9 Å². The van der Waals surface area contributed by atoms with Crippen LogP contribution in [0, 0.1) is 12.7 Å². The molecule has 0 aromatic heterocycles. The first-order chi connectivity index (χ1) is 12.9. The van der Waals surface area contributed by atoms with Gasteiger partial charge in [-0.05, 0) is 48.7 Å². The number of hydrogen-bond donors (Lipinski definition) is 2. The predicted octanol–water partition coefficient (Wildman–Crippen LogP) is 3.09. The Morgan fingerprint density at radius 2 is 1.74 bits per heavy atom. The van der Waals surface area contributed by atoms with Gasteiger partial charge in [-0.25, -0.2) is 9.38 Å². The van der Waals surface area contributed by atoms with Gasteiger partial charge in [0.15, 0.2) is 5.96 Å². The van der Waals surface area contributed by atoms with E-state index in [-0.39, 0.29) is 11.7 Å². The summed E-state index contributed by atoms with van der Waals surface area (Å²) in [6.07, 6.45) is 0. The van der Waals surface area contributed by atoms with Gasteiger partial charge >= 0.3 is 0 Å². The van der Waals surface area contributed by atoms with Crippen LogP contribution >= 0.6 is 0 Å². The van der Waals surface area contributed by atoms with Crippen molar-refractivity contribution in [2.75, 3.05) is 20.6 Å². The highest BCUT2D eigenvalue weighted by Gasteiger charge is 2.07. The summed E-state index contributed by atoms with van der Waals surface area (Å²) in [6.45, 7) is 5.54. The number of aryl methyl sites for hydroxylation is 1. The lowest BCUT2D eigenvalue weighted by Gasteiger charge is -2.13. The van der Waals surface area contributed by atoms with E-state index in [2.05, 4.69) is 15.6 Å². The van der Waals surface area contributed by atoms with Gasteiger partial charge in [0.1, 0.15) is 5.82 Å². The third kappa shape index (κ3) is 6.09. The van der Waals surface area contributed by atoms with Gasteiger partial charge in [-0.2, -0.15) is 0 Å². The molecule has 2 aromatic carbocycles. The normalized spacial score (nSPS) is 11.2. The minimum atomic E-state index is -0.205. The van der Waals surface area contributed by atoms with Gasteiger partial charge in [-0.15, -0.1) is 0 Å². The zero-order valence-corrected chi connectivity index (χ0v) is 16.3. The number of halogens is 1. The molecule has 0 aliphatic heterocycles. The minimum absolute atomic E-state index is 0.0148. The van der Waals surface area contributed by atoms with Gasteiger partial charge in [0.25, 0.3) is 5.91 Å². The lowest BCUT2D eigenvalue weighted by molar-refractivity contribution is 0.0827. The van der Waals surface area contributed by atoms with E-state index in [1.807, 2.05) is 37.3 Å². The number of rotatable bonds is 6. The van der Waals surface area contributed by atoms with Crippen LogP contribution in [0.25, 0.3) is 0 Å². The van der Waals surface area contributed by atoms with Crippen LogP contribution in [0.1, 0.15) is 34.0 Å². The van der Waals surface area contributed by atoms with Gasteiger partial charge < -0.3 is 15.5 Å². The molecule has 2 rings (SSSR count). The Hall–Kier alpha value is -2.89. The molecule has 6 heteroatoms. The molecule has 144 valence electrons. The number of hydrogen-bond acceptors (Lipinski definition) is 2. The van der Waals surface area contributed by atoms with Crippen LogP contribution in [-0.4, -0.2) is 37.4 Å². The van der Waals surface area contributed by atoms with E-state index in [4.69, 9.17) is 0 Å². The first-order valence-corrected chi connectivity index (χ1v) is 8.98. The van der Waals surface area contributed by atoms with Crippen LogP contribution in [0.4, 0.5) is 4.39 Å². The Bertz CT molecular complexity index is 800.